The fraction of sp³-hybridized carbons (Fsp3) is 0.500. The summed E-state index contributed by atoms with van der Waals surface area (Å²) in [5.74, 6) is 0.476. The molecule has 0 aromatic heterocycles. The van der Waals surface area contributed by atoms with Crippen LogP contribution in [-0.4, -0.2) is 12.9 Å². The molecule has 1 aliphatic carbocycles. The van der Waals surface area contributed by atoms with E-state index in [-0.39, 0.29) is 0 Å². The summed E-state index contributed by atoms with van der Waals surface area (Å²) in [5.41, 5.74) is 2.19. The van der Waals surface area contributed by atoms with Crippen LogP contribution >= 0.6 is 0 Å². The Morgan fingerprint density at radius 2 is 2.50 bits per heavy atom. The molecule has 0 saturated carbocycles. The van der Waals surface area contributed by atoms with E-state index in [1.54, 1.807) is 6.26 Å². The van der Waals surface area contributed by atoms with Crippen molar-refractivity contribution >= 4 is 6.29 Å². The lowest BCUT2D eigenvalue weighted by molar-refractivity contribution is -0.105. The first kappa shape index (κ1) is 7.59. The summed E-state index contributed by atoms with van der Waals surface area (Å²) in [5, 5.41) is 0. The minimum Gasteiger partial charge on any atom is -0.501 e. The molecule has 0 fully saturated rings. The predicted octanol–water partition coefficient (Wildman–Crippen LogP) is 1.83. The van der Waals surface area contributed by atoms with E-state index in [4.69, 9.17) is 4.74 Å². The van der Waals surface area contributed by atoms with Gasteiger partial charge in [-0.15, -0.1) is 0 Å². The Labute approximate surface area is 71.9 Å². The average Bonchev–Trinajstić information content (AvgIpc) is 2.17. The summed E-state index contributed by atoms with van der Waals surface area (Å²) in [6.45, 7) is 0.753. The molecule has 0 spiro atoms. The van der Waals surface area contributed by atoms with Crippen molar-refractivity contribution in [1.82, 2.24) is 0 Å². The third-order valence-electron chi connectivity index (χ3n) is 2.59. The second kappa shape index (κ2) is 3.13. The van der Waals surface area contributed by atoms with Gasteiger partial charge in [0.15, 0.2) is 0 Å². The normalized spacial score (nSPS) is 27.8. The van der Waals surface area contributed by atoms with Crippen molar-refractivity contribution in [1.29, 1.82) is 0 Å². The van der Waals surface area contributed by atoms with Crippen LogP contribution in [-0.2, 0) is 9.53 Å². The van der Waals surface area contributed by atoms with Crippen LogP contribution in [0.1, 0.15) is 19.3 Å². The van der Waals surface area contributed by atoms with Crippen LogP contribution in [0.15, 0.2) is 23.5 Å². The van der Waals surface area contributed by atoms with Crippen LogP contribution in [0.5, 0.6) is 0 Å². The highest BCUT2D eigenvalue weighted by Gasteiger charge is 2.23. The van der Waals surface area contributed by atoms with Crippen molar-refractivity contribution in [2.75, 3.05) is 6.61 Å². The molecule has 2 aliphatic rings. The van der Waals surface area contributed by atoms with Crippen LogP contribution in [0.25, 0.3) is 0 Å². The Hall–Kier alpha value is -1.05. The van der Waals surface area contributed by atoms with Gasteiger partial charge in [-0.25, -0.2) is 0 Å². The topological polar surface area (TPSA) is 26.3 Å². The van der Waals surface area contributed by atoms with Gasteiger partial charge in [0.05, 0.1) is 12.9 Å². The summed E-state index contributed by atoms with van der Waals surface area (Å²) in [7, 11) is 0. The number of ether oxygens (including phenoxy) is 1. The monoisotopic (exact) mass is 164 g/mol. The maximum atomic E-state index is 10.7. The Morgan fingerprint density at radius 3 is 3.33 bits per heavy atom. The molecule has 0 aromatic carbocycles. The minimum absolute atomic E-state index is 0.476. The zero-order chi connectivity index (χ0) is 8.39. The number of fused-ring (bicyclic) bond motifs is 1. The molecule has 0 aromatic rings. The molecule has 0 saturated heterocycles. The van der Waals surface area contributed by atoms with Gasteiger partial charge in [-0.2, -0.15) is 0 Å². The molecule has 0 bridgehead atoms. The van der Waals surface area contributed by atoms with E-state index in [9.17, 15) is 4.79 Å². The van der Waals surface area contributed by atoms with E-state index in [0.717, 1.165) is 37.7 Å². The predicted molar refractivity (Wildman–Crippen MR) is 45.5 cm³/mol. The lowest BCUT2D eigenvalue weighted by Crippen LogP contribution is -2.19. The van der Waals surface area contributed by atoms with E-state index >= 15 is 0 Å². The summed E-state index contributed by atoms with van der Waals surface area (Å²) < 4.78 is 5.20. The standard InChI is InChI=1S/C10H12O2/c11-6-8-2-1-3-9-7-12-5-4-10(8)9/h4-6,9H,1-3,7H2. The third kappa shape index (κ3) is 1.17. The minimum atomic E-state index is 0.476. The van der Waals surface area contributed by atoms with Crippen LogP contribution in [0.4, 0.5) is 0 Å². The second-order valence-electron chi connectivity index (χ2n) is 3.32. The molecule has 2 rings (SSSR count). The lowest BCUT2D eigenvalue weighted by atomic mass is 9.83. The van der Waals surface area contributed by atoms with Crippen molar-refractivity contribution < 1.29 is 9.53 Å². The average molecular weight is 164 g/mol. The van der Waals surface area contributed by atoms with E-state index in [1.807, 2.05) is 6.08 Å². The molecule has 1 heterocycles. The first-order valence-electron chi connectivity index (χ1n) is 4.38. The number of aldehydes is 1. The number of carbonyl (C=O) groups excluding carboxylic acids is 1. The fourth-order valence-electron chi connectivity index (χ4n) is 1.94. The molecule has 1 aliphatic heterocycles. The number of carbonyl (C=O) groups is 1. The maximum absolute atomic E-state index is 10.7. The van der Waals surface area contributed by atoms with E-state index in [0.29, 0.717) is 5.92 Å². The molecule has 1 unspecified atom stereocenters. The Bertz CT molecular complexity index is 251. The van der Waals surface area contributed by atoms with Crippen molar-refractivity contribution in [3.8, 4) is 0 Å². The molecular formula is C10H12O2. The van der Waals surface area contributed by atoms with Gasteiger partial charge in [0.2, 0.25) is 0 Å². The largest absolute Gasteiger partial charge is 0.501 e. The maximum Gasteiger partial charge on any atom is 0.146 e. The first-order chi connectivity index (χ1) is 5.92. The molecule has 0 radical (unpaired) electrons. The van der Waals surface area contributed by atoms with Gasteiger partial charge < -0.3 is 4.74 Å². The van der Waals surface area contributed by atoms with E-state index < -0.39 is 0 Å². The van der Waals surface area contributed by atoms with Crippen LogP contribution in [0.3, 0.4) is 0 Å². The lowest BCUT2D eigenvalue weighted by Gasteiger charge is -2.27. The molecule has 2 heteroatoms. The summed E-state index contributed by atoms with van der Waals surface area (Å²) in [6, 6.07) is 0. The second-order valence-corrected chi connectivity index (χ2v) is 3.32. The summed E-state index contributed by atoms with van der Waals surface area (Å²) in [4.78, 5) is 10.7. The Balaban J connectivity index is 2.35. The van der Waals surface area contributed by atoms with Gasteiger partial charge in [0.25, 0.3) is 0 Å². The highest BCUT2D eigenvalue weighted by Crippen LogP contribution is 2.32. The molecule has 1 atom stereocenters. The molecular weight excluding hydrogens is 152 g/mol. The fourth-order valence-corrected chi connectivity index (χ4v) is 1.94. The van der Waals surface area contributed by atoms with Crippen molar-refractivity contribution in [2.45, 2.75) is 19.3 Å². The summed E-state index contributed by atoms with van der Waals surface area (Å²) in [6.07, 6.45) is 7.87. The third-order valence-corrected chi connectivity index (χ3v) is 2.59. The highest BCUT2D eigenvalue weighted by molar-refractivity contribution is 5.76. The van der Waals surface area contributed by atoms with E-state index in [1.165, 1.54) is 5.57 Å². The van der Waals surface area contributed by atoms with Gasteiger partial charge in [-0.3, -0.25) is 4.79 Å². The number of allylic oxidation sites excluding steroid dienone is 2. The Morgan fingerprint density at radius 1 is 1.58 bits per heavy atom. The molecule has 12 heavy (non-hydrogen) atoms. The molecule has 0 amide bonds. The van der Waals surface area contributed by atoms with Crippen LogP contribution in [0.2, 0.25) is 0 Å². The van der Waals surface area contributed by atoms with Crippen molar-refractivity contribution in [3.63, 3.8) is 0 Å². The van der Waals surface area contributed by atoms with E-state index in [2.05, 4.69) is 0 Å². The molecule has 0 N–H and O–H groups in total. The SMILES string of the molecule is O=CC1=C2C=COCC2CCC1. The van der Waals surface area contributed by atoms with Gasteiger partial charge in [0.1, 0.15) is 6.29 Å². The zero-order valence-corrected chi connectivity index (χ0v) is 6.95. The van der Waals surface area contributed by atoms with Crippen LogP contribution in [0, 0.1) is 5.92 Å². The van der Waals surface area contributed by atoms with Gasteiger partial charge in [0, 0.05) is 5.92 Å². The van der Waals surface area contributed by atoms with Gasteiger partial charge >= 0.3 is 0 Å². The smallest absolute Gasteiger partial charge is 0.146 e. The zero-order valence-electron chi connectivity index (χ0n) is 6.95. The van der Waals surface area contributed by atoms with Crippen molar-refractivity contribution in [3.05, 3.63) is 23.5 Å². The highest BCUT2D eigenvalue weighted by atomic mass is 16.5. The quantitative estimate of drug-likeness (QED) is 0.552. The summed E-state index contributed by atoms with van der Waals surface area (Å²) >= 11 is 0. The molecule has 64 valence electrons. The number of hydrogen-bond acceptors (Lipinski definition) is 2. The molecule has 2 nitrogen and oxygen atoms in total. The first-order valence-corrected chi connectivity index (χ1v) is 4.38. The van der Waals surface area contributed by atoms with Crippen LogP contribution < -0.4 is 0 Å². The van der Waals surface area contributed by atoms with Gasteiger partial charge in [-0.05, 0) is 36.5 Å². The van der Waals surface area contributed by atoms with Crippen molar-refractivity contribution in [2.24, 2.45) is 5.92 Å². The van der Waals surface area contributed by atoms with Gasteiger partial charge in [-0.1, -0.05) is 0 Å². The Kier molecular flexibility index (Phi) is 1.98. The number of hydrogen-bond donors (Lipinski definition) is 0. The number of rotatable bonds is 1.